The summed E-state index contributed by atoms with van der Waals surface area (Å²) in [4.78, 5) is 0. The second-order valence-corrected chi connectivity index (χ2v) is 8.64. The first-order chi connectivity index (χ1) is 9.52. The van der Waals surface area contributed by atoms with Crippen LogP contribution < -0.4 is 10.1 Å². The molecule has 5 heteroatoms. The van der Waals surface area contributed by atoms with E-state index in [4.69, 9.17) is 4.74 Å². The molecule has 1 aromatic rings. The van der Waals surface area contributed by atoms with Crippen molar-refractivity contribution >= 4 is 9.84 Å². The highest BCUT2D eigenvalue weighted by molar-refractivity contribution is 7.92. The monoisotopic (exact) mass is 295 g/mol. The molecule has 0 aliphatic carbocycles. The SMILES string of the molecule is CC1(COc2cccc3c2CNC3)CCCCS1(=O)=O. The van der Waals surface area contributed by atoms with Crippen molar-refractivity contribution in [3.8, 4) is 5.75 Å². The lowest BCUT2D eigenvalue weighted by atomic mass is 10.0. The summed E-state index contributed by atoms with van der Waals surface area (Å²) >= 11 is 0. The molecule has 4 nitrogen and oxygen atoms in total. The van der Waals surface area contributed by atoms with Gasteiger partial charge in [-0.25, -0.2) is 8.42 Å². The molecular weight excluding hydrogens is 274 g/mol. The third-order valence-corrected chi connectivity index (χ3v) is 7.15. The van der Waals surface area contributed by atoms with Gasteiger partial charge in [-0.3, -0.25) is 0 Å². The molecule has 2 heterocycles. The first kappa shape index (κ1) is 13.9. The van der Waals surface area contributed by atoms with Crippen LogP contribution in [-0.4, -0.2) is 25.5 Å². The van der Waals surface area contributed by atoms with E-state index in [1.807, 2.05) is 19.1 Å². The molecule has 1 aromatic carbocycles. The maximum absolute atomic E-state index is 12.3. The molecule has 20 heavy (non-hydrogen) atoms. The molecule has 1 saturated heterocycles. The van der Waals surface area contributed by atoms with Gasteiger partial charge in [0.25, 0.3) is 0 Å². The van der Waals surface area contributed by atoms with Crippen LogP contribution in [0.2, 0.25) is 0 Å². The number of benzene rings is 1. The first-order valence-corrected chi connectivity index (χ1v) is 8.84. The quantitative estimate of drug-likeness (QED) is 0.927. The van der Waals surface area contributed by atoms with Crippen LogP contribution in [-0.2, 0) is 22.9 Å². The van der Waals surface area contributed by atoms with Crippen molar-refractivity contribution in [3.05, 3.63) is 29.3 Å². The Morgan fingerprint density at radius 2 is 2.15 bits per heavy atom. The predicted molar refractivity (Wildman–Crippen MR) is 78.5 cm³/mol. The Morgan fingerprint density at radius 1 is 1.30 bits per heavy atom. The number of rotatable bonds is 3. The molecule has 2 aliphatic heterocycles. The third kappa shape index (κ3) is 2.33. The van der Waals surface area contributed by atoms with Crippen molar-refractivity contribution in [3.63, 3.8) is 0 Å². The molecule has 0 aromatic heterocycles. The average molecular weight is 295 g/mol. The highest BCUT2D eigenvalue weighted by Gasteiger charge is 2.42. The summed E-state index contributed by atoms with van der Waals surface area (Å²) in [5.41, 5.74) is 2.42. The van der Waals surface area contributed by atoms with Gasteiger partial charge in [0.05, 0.1) is 5.75 Å². The molecule has 0 spiro atoms. The maximum Gasteiger partial charge on any atom is 0.159 e. The number of sulfone groups is 1. The minimum atomic E-state index is -3.05. The fourth-order valence-electron chi connectivity index (χ4n) is 3.02. The minimum absolute atomic E-state index is 0.256. The number of nitrogens with one attached hydrogen (secondary N) is 1. The zero-order chi connectivity index (χ0) is 14.2. The Bertz CT molecular complexity index is 612. The van der Waals surface area contributed by atoms with E-state index >= 15 is 0 Å². The summed E-state index contributed by atoms with van der Waals surface area (Å²) in [6.45, 7) is 3.74. The molecule has 2 aliphatic rings. The van der Waals surface area contributed by atoms with Gasteiger partial charge in [0.15, 0.2) is 9.84 Å². The number of hydrogen-bond acceptors (Lipinski definition) is 4. The summed E-state index contributed by atoms with van der Waals surface area (Å²) in [6, 6.07) is 5.99. The van der Waals surface area contributed by atoms with Crippen molar-refractivity contribution in [1.29, 1.82) is 0 Å². The number of fused-ring (bicyclic) bond motifs is 1. The fraction of sp³-hybridized carbons (Fsp3) is 0.600. The summed E-state index contributed by atoms with van der Waals surface area (Å²) in [7, 11) is -3.05. The van der Waals surface area contributed by atoms with E-state index in [-0.39, 0.29) is 6.61 Å². The largest absolute Gasteiger partial charge is 0.492 e. The molecule has 1 fully saturated rings. The molecule has 0 saturated carbocycles. The van der Waals surface area contributed by atoms with Gasteiger partial charge in [-0.2, -0.15) is 0 Å². The van der Waals surface area contributed by atoms with Gasteiger partial charge < -0.3 is 10.1 Å². The Morgan fingerprint density at radius 3 is 2.95 bits per heavy atom. The molecule has 1 atom stereocenters. The number of hydrogen-bond donors (Lipinski definition) is 1. The van der Waals surface area contributed by atoms with Gasteiger partial charge in [0, 0.05) is 18.7 Å². The molecule has 3 rings (SSSR count). The average Bonchev–Trinajstić information content (AvgIpc) is 2.89. The normalized spacial score (nSPS) is 28.1. The van der Waals surface area contributed by atoms with E-state index in [1.54, 1.807) is 0 Å². The van der Waals surface area contributed by atoms with Crippen molar-refractivity contribution in [1.82, 2.24) is 5.32 Å². The van der Waals surface area contributed by atoms with Crippen LogP contribution >= 0.6 is 0 Å². The molecule has 110 valence electrons. The first-order valence-electron chi connectivity index (χ1n) is 7.18. The third-order valence-electron chi connectivity index (χ3n) is 4.50. The second-order valence-electron chi connectivity index (χ2n) is 6.01. The lowest BCUT2D eigenvalue weighted by molar-refractivity contribution is 0.255. The van der Waals surface area contributed by atoms with Crippen molar-refractivity contribution in [2.75, 3.05) is 12.4 Å². The van der Waals surface area contributed by atoms with Crippen LogP contribution in [0.5, 0.6) is 5.75 Å². The lowest BCUT2D eigenvalue weighted by Gasteiger charge is -2.33. The summed E-state index contributed by atoms with van der Waals surface area (Å²) in [5, 5.41) is 3.29. The van der Waals surface area contributed by atoms with E-state index < -0.39 is 14.6 Å². The van der Waals surface area contributed by atoms with Gasteiger partial charge in [0.2, 0.25) is 0 Å². The minimum Gasteiger partial charge on any atom is -0.492 e. The zero-order valence-corrected chi connectivity index (χ0v) is 12.6. The fourth-order valence-corrected chi connectivity index (χ4v) is 4.79. The van der Waals surface area contributed by atoms with Crippen LogP contribution in [0, 0.1) is 0 Å². The summed E-state index contributed by atoms with van der Waals surface area (Å²) < 4.78 is 29.7. The standard InChI is InChI=1S/C15H21NO3S/c1-15(7-2-3-8-20(15,17)18)11-19-14-6-4-5-12-9-16-10-13(12)14/h4-6,16H,2-3,7-11H2,1H3. The maximum atomic E-state index is 12.3. The Labute approximate surface area is 120 Å². The van der Waals surface area contributed by atoms with Crippen molar-refractivity contribution in [2.45, 2.75) is 44.0 Å². The van der Waals surface area contributed by atoms with Gasteiger partial charge in [-0.05, 0) is 31.4 Å². The van der Waals surface area contributed by atoms with E-state index in [0.29, 0.717) is 12.2 Å². The van der Waals surface area contributed by atoms with E-state index in [0.717, 1.165) is 31.7 Å². The van der Waals surface area contributed by atoms with Gasteiger partial charge in [-0.15, -0.1) is 0 Å². The van der Waals surface area contributed by atoms with Crippen LogP contribution in [0.3, 0.4) is 0 Å². The van der Waals surface area contributed by atoms with E-state index in [9.17, 15) is 8.42 Å². The van der Waals surface area contributed by atoms with Gasteiger partial charge in [0.1, 0.15) is 17.1 Å². The van der Waals surface area contributed by atoms with Crippen LogP contribution in [0.15, 0.2) is 18.2 Å². The Hall–Kier alpha value is -1.07. The summed E-state index contributed by atoms with van der Waals surface area (Å²) in [6.07, 6.45) is 2.44. The van der Waals surface area contributed by atoms with E-state index in [2.05, 4.69) is 11.4 Å². The topological polar surface area (TPSA) is 55.4 Å². The highest BCUT2D eigenvalue weighted by Crippen LogP contribution is 2.33. The molecular formula is C15H21NO3S. The summed E-state index contributed by atoms with van der Waals surface area (Å²) in [5.74, 6) is 1.12. The van der Waals surface area contributed by atoms with E-state index in [1.165, 1.54) is 11.1 Å². The highest BCUT2D eigenvalue weighted by atomic mass is 32.2. The van der Waals surface area contributed by atoms with Gasteiger partial charge >= 0.3 is 0 Å². The smallest absolute Gasteiger partial charge is 0.159 e. The molecule has 0 bridgehead atoms. The molecule has 1 unspecified atom stereocenters. The predicted octanol–water partition coefficient (Wildman–Crippen LogP) is 2.03. The van der Waals surface area contributed by atoms with Crippen molar-refractivity contribution < 1.29 is 13.2 Å². The Kier molecular flexibility index (Phi) is 3.50. The lowest BCUT2D eigenvalue weighted by Crippen LogP contribution is -2.45. The zero-order valence-electron chi connectivity index (χ0n) is 11.8. The van der Waals surface area contributed by atoms with Crippen LogP contribution in [0.1, 0.15) is 37.3 Å². The second kappa shape index (κ2) is 5.04. The van der Waals surface area contributed by atoms with Gasteiger partial charge in [-0.1, -0.05) is 18.6 Å². The van der Waals surface area contributed by atoms with Crippen LogP contribution in [0.4, 0.5) is 0 Å². The molecule has 1 N–H and O–H groups in total. The van der Waals surface area contributed by atoms with Crippen LogP contribution in [0.25, 0.3) is 0 Å². The Balaban J connectivity index is 1.78. The number of ether oxygens (including phenoxy) is 1. The molecule has 0 amide bonds. The molecule has 0 radical (unpaired) electrons. The van der Waals surface area contributed by atoms with Crippen molar-refractivity contribution in [2.24, 2.45) is 0 Å².